The standard InChI is InChI=1S/C14H23N3O3S/c1-2-16-7-9-17(10-8-16)21(18,19)14-6-5-13(20-14)11-15-12-3-4-12/h5-6,12,15H,2-4,7-11H2,1H3. The minimum absolute atomic E-state index is 0.0695. The maximum atomic E-state index is 12.5. The number of hydrogen-bond acceptors (Lipinski definition) is 5. The van der Waals surface area contributed by atoms with Crippen molar-refractivity contribution in [1.29, 1.82) is 0 Å². The maximum absolute atomic E-state index is 12.5. The normalized spacial score (nSPS) is 21.8. The second-order valence-electron chi connectivity index (χ2n) is 5.71. The molecular formula is C14H23N3O3S. The van der Waals surface area contributed by atoms with Gasteiger partial charge in [-0.3, -0.25) is 0 Å². The number of furan rings is 1. The average Bonchev–Trinajstić information content (AvgIpc) is 3.21. The SMILES string of the molecule is CCN1CCN(S(=O)(=O)c2ccc(CNC3CC3)o2)CC1. The summed E-state index contributed by atoms with van der Waals surface area (Å²) >= 11 is 0. The highest BCUT2D eigenvalue weighted by atomic mass is 32.2. The van der Waals surface area contributed by atoms with E-state index in [1.165, 1.54) is 17.1 Å². The summed E-state index contributed by atoms with van der Waals surface area (Å²) in [7, 11) is -3.48. The number of nitrogens with zero attached hydrogens (tertiary/aromatic N) is 2. The third-order valence-corrected chi connectivity index (χ3v) is 5.92. The number of sulfonamides is 1. The highest BCUT2D eigenvalue weighted by Gasteiger charge is 2.30. The Morgan fingerprint density at radius 1 is 1.24 bits per heavy atom. The van der Waals surface area contributed by atoms with Gasteiger partial charge in [-0.15, -0.1) is 0 Å². The van der Waals surface area contributed by atoms with Crippen molar-refractivity contribution in [1.82, 2.24) is 14.5 Å². The van der Waals surface area contributed by atoms with Crippen LogP contribution in [0.4, 0.5) is 0 Å². The van der Waals surface area contributed by atoms with Gasteiger partial charge in [0.25, 0.3) is 10.0 Å². The van der Waals surface area contributed by atoms with Crippen LogP contribution >= 0.6 is 0 Å². The van der Waals surface area contributed by atoms with E-state index in [4.69, 9.17) is 4.42 Å². The summed E-state index contributed by atoms with van der Waals surface area (Å²) in [5.74, 6) is 0.688. The molecule has 0 aromatic carbocycles. The lowest BCUT2D eigenvalue weighted by Crippen LogP contribution is -2.48. The van der Waals surface area contributed by atoms with Crippen molar-refractivity contribution in [2.75, 3.05) is 32.7 Å². The molecule has 1 aromatic rings. The van der Waals surface area contributed by atoms with Gasteiger partial charge < -0.3 is 14.6 Å². The maximum Gasteiger partial charge on any atom is 0.276 e. The van der Waals surface area contributed by atoms with Crippen molar-refractivity contribution >= 4 is 10.0 Å². The summed E-state index contributed by atoms with van der Waals surface area (Å²) in [5.41, 5.74) is 0. The first-order chi connectivity index (χ1) is 10.1. The average molecular weight is 313 g/mol. The van der Waals surface area contributed by atoms with Crippen LogP contribution in [-0.2, 0) is 16.6 Å². The Balaban J connectivity index is 1.63. The van der Waals surface area contributed by atoms with Gasteiger partial charge in [-0.2, -0.15) is 4.31 Å². The topological polar surface area (TPSA) is 65.8 Å². The fourth-order valence-electron chi connectivity index (χ4n) is 2.54. The Bertz CT molecular complexity index is 572. The molecule has 0 atom stereocenters. The van der Waals surface area contributed by atoms with Gasteiger partial charge in [0.2, 0.25) is 5.09 Å². The van der Waals surface area contributed by atoms with Crippen LogP contribution in [-0.4, -0.2) is 56.4 Å². The second-order valence-corrected chi connectivity index (χ2v) is 7.58. The molecule has 2 fully saturated rings. The molecule has 6 nitrogen and oxygen atoms in total. The quantitative estimate of drug-likeness (QED) is 0.844. The van der Waals surface area contributed by atoms with Gasteiger partial charge in [0.15, 0.2) is 0 Å². The Morgan fingerprint density at radius 2 is 1.95 bits per heavy atom. The molecule has 0 amide bonds. The molecule has 0 radical (unpaired) electrons. The predicted molar refractivity (Wildman–Crippen MR) is 79.4 cm³/mol. The predicted octanol–water partition coefficient (Wildman–Crippen LogP) is 0.858. The third kappa shape index (κ3) is 3.48. The summed E-state index contributed by atoms with van der Waals surface area (Å²) in [6.45, 7) is 6.30. The number of likely N-dealkylation sites (N-methyl/N-ethyl adjacent to an activating group) is 1. The number of nitrogens with one attached hydrogen (secondary N) is 1. The van der Waals surface area contributed by atoms with Crippen LogP contribution in [0.15, 0.2) is 21.6 Å². The van der Waals surface area contributed by atoms with E-state index in [2.05, 4.69) is 17.1 Å². The molecule has 118 valence electrons. The van der Waals surface area contributed by atoms with Gasteiger partial charge >= 0.3 is 0 Å². The van der Waals surface area contributed by atoms with Gasteiger partial charge in [0, 0.05) is 32.2 Å². The highest BCUT2D eigenvalue weighted by molar-refractivity contribution is 7.89. The Hall–Kier alpha value is -0.890. The van der Waals surface area contributed by atoms with Crippen LogP contribution in [0.3, 0.4) is 0 Å². The van der Waals surface area contributed by atoms with Crippen LogP contribution in [0.25, 0.3) is 0 Å². The second kappa shape index (κ2) is 6.08. The lowest BCUT2D eigenvalue weighted by atomic mass is 10.4. The van der Waals surface area contributed by atoms with Crippen LogP contribution in [0.5, 0.6) is 0 Å². The number of hydrogen-bond donors (Lipinski definition) is 1. The van der Waals surface area contributed by atoms with E-state index in [0.29, 0.717) is 31.4 Å². The van der Waals surface area contributed by atoms with Gasteiger partial charge in [0.1, 0.15) is 5.76 Å². The minimum Gasteiger partial charge on any atom is -0.447 e. The molecule has 0 bridgehead atoms. The molecule has 0 spiro atoms. The molecule has 1 aliphatic heterocycles. The molecule has 1 saturated carbocycles. The lowest BCUT2D eigenvalue weighted by molar-refractivity contribution is 0.194. The van der Waals surface area contributed by atoms with Crippen molar-refractivity contribution in [2.45, 2.75) is 37.4 Å². The van der Waals surface area contributed by atoms with Crippen LogP contribution in [0.2, 0.25) is 0 Å². The molecular weight excluding hydrogens is 290 g/mol. The van der Waals surface area contributed by atoms with E-state index >= 15 is 0 Å². The van der Waals surface area contributed by atoms with Crippen molar-refractivity contribution in [3.63, 3.8) is 0 Å². The van der Waals surface area contributed by atoms with Crippen molar-refractivity contribution < 1.29 is 12.8 Å². The van der Waals surface area contributed by atoms with E-state index in [9.17, 15) is 8.42 Å². The lowest BCUT2D eigenvalue weighted by Gasteiger charge is -2.32. The summed E-state index contributed by atoms with van der Waals surface area (Å²) in [5, 5.41) is 3.39. The molecule has 3 rings (SSSR count). The molecule has 1 aliphatic carbocycles. The van der Waals surface area contributed by atoms with Crippen molar-refractivity contribution in [3.8, 4) is 0 Å². The zero-order valence-corrected chi connectivity index (χ0v) is 13.2. The van der Waals surface area contributed by atoms with E-state index in [-0.39, 0.29) is 5.09 Å². The zero-order valence-electron chi connectivity index (χ0n) is 12.4. The van der Waals surface area contributed by atoms with Crippen LogP contribution in [0, 0.1) is 0 Å². The Morgan fingerprint density at radius 3 is 2.57 bits per heavy atom. The van der Waals surface area contributed by atoms with Gasteiger partial charge in [-0.25, -0.2) is 8.42 Å². The van der Waals surface area contributed by atoms with Gasteiger partial charge in [-0.1, -0.05) is 6.92 Å². The van der Waals surface area contributed by atoms with Gasteiger partial charge in [-0.05, 0) is 31.5 Å². The first-order valence-electron chi connectivity index (χ1n) is 7.64. The molecule has 1 aromatic heterocycles. The largest absolute Gasteiger partial charge is 0.447 e. The van der Waals surface area contributed by atoms with Crippen LogP contribution < -0.4 is 5.32 Å². The molecule has 1 N–H and O–H groups in total. The van der Waals surface area contributed by atoms with Gasteiger partial charge in [0.05, 0.1) is 6.54 Å². The first kappa shape index (κ1) is 15.0. The fourth-order valence-corrected chi connectivity index (χ4v) is 3.89. The van der Waals surface area contributed by atoms with Crippen LogP contribution in [0.1, 0.15) is 25.5 Å². The summed E-state index contributed by atoms with van der Waals surface area (Å²) in [4.78, 5) is 2.25. The number of piperazine rings is 1. The summed E-state index contributed by atoms with van der Waals surface area (Å²) < 4.78 is 32.1. The number of rotatable bonds is 6. The van der Waals surface area contributed by atoms with E-state index in [0.717, 1.165) is 19.6 Å². The molecule has 2 heterocycles. The Kier molecular flexibility index (Phi) is 4.35. The summed E-state index contributed by atoms with van der Waals surface area (Å²) in [6.07, 6.45) is 2.40. The minimum atomic E-state index is -3.48. The summed E-state index contributed by atoms with van der Waals surface area (Å²) in [6, 6.07) is 3.91. The van der Waals surface area contributed by atoms with Crippen molar-refractivity contribution in [2.24, 2.45) is 0 Å². The molecule has 21 heavy (non-hydrogen) atoms. The van der Waals surface area contributed by atoms with E-state index < -0.39 is 10.0 Å². The highest BCUT2D eigenvalue weighted by Crippen LogP contribution is 2.22. The third-order valence-electron chi connectivity index (χ3n) is 4.15. The van der Waals surface area contributed by atoms with Crippen molar-refractivity contribution in [3.05, 3.63) is 17.9 Å². The molecule has 1 saturated heterocycles. The molecule has 0 unspecified atom stereocenters. The molecule has 2 aliphatic rings. The smallest absolute Gasteiger partial charge is 0.276 e. The first-order valence-corrected chi connectivity index (χ1v) is 9.08. The Labute approximate surface area is 126 Å². The monoisotopic (exact) mass is 313 g/mol. The fraction of sp³-hybridized carbons (Fsp3) is 0.714. The van der Waals surface area contributed by atoms with E-state index in [1.807, 2.05) is 0 Å². The molecule has 7 heteroatoms. The van der Waals surface area contributed by atoms with E-state index in [1.54, 1.807) is 12.1 Å². The zero-order chi connectivity index (χ0) is 14.9.